The third kappa shape index (κ3) is 3.46. The molecule has 1 aromatic rings. The molecule has 20 heavy (non-hydrogen) atoms. The van der Waals surface area contributed by atoms with Gasteiger partial charge in [-0.25, -0.2) is 4.39 Å². The molecule has 6 heteroatoms. The summed E-state index contributed by atoms with van der Waals surface area (Å²) in [6.07, 6.45) is 1.90. The average Bonchev–Trinajstić information content (AvgIpc) is 3.27. The van der Waals surface area contributed by atoms with Gasteiger partial charge in [0, 0.05) is 26.1 Å². The van der Waals surface area contributed by atoms with E-state index in [1.54, 1.807) is 13.1 Å². The molecule has 2 amide bonds. The fourth-order valence-corrected chi connectivity index (χ4v) is 1.91. The molecule has 0 bridgehead atoms. The Morgan fingerprint density at radius 3 is 2.60 bits per heavy atom. The third-order valence-electron chi connectivity index (χ3n) is 3.17. The molecule has 0 atom stereocenters. The summed E-state index contributed by atoms with van der Waals surface area (Å²) >= 11 is 0. The lowest BCUT2D eigenvalue weighted by Gasteiger charge is -2.11. The summed E-state index contributed by atoms with van der Waals surface area (Å²) in [6, 6.07) is 4.32. The van der Waals surface area contributed by atoms with Crippen LogP contribution in [0.25, 0.3) is 0 Å². The van der Waals surface area contributed by atoms with Crippen LogP contribution in [0.4, 0.5) is 10.1 Å². The lowest BCUT2D eigenvalue weighted by molar-refractivity contribution is -0.122. The Hall–Kier alpha value is -2.11. The maximum atomic E-state index is 13.5. The summed E-state index contributed by atoms with van der Waals surface area (Å²) in [5, 5.41) is 8.07. The summed E-state index contributed by atoms with van der Waals surface area (Å²) in [5.41, 5.74) is 0.424. The second kappa shape index (κ2) is 6.36. The highest BCUT2D eigenvalue weighted by Gasteiger charge is 2.29. The molecule has 0 radical (unpaired) electrons. The molecule has 0 aromatic heterocycles. The van der Waals surface area contributed by atoms with Crippen molar-refractivity contribution in [2.45, 2.75) is 12.8 Å². The van der Waals surface area contributed by atoms with E-state index >= 15 is 0 Å². The van der Waals surface area contributed by atoms with Crippen molar-refractivity contribution in [3.8, 4) is 0 Å². The van der Waals surface area contributed by atoms with Crippen LogP contribution < -0.4 is 16.0 Å². The van der Waals surface area contributed by atoms with Crippen LogP contribution in [0.15, 0.2) is 18.2 Å². The van der Waals surface area contributed by atoms with Crippen molar-refractivity contribution >= 4 is 17.5 Å². The summed E-state index contributed by atoms with van der Waals surface area (Å²) in [5.74, 6) is -0.637. The molecule has 1 aromatic carbocycles. The number of hydrogen-bond acceptors (Lipinski definition) is 3. The highest BCUT2D eigenvalue weighted by Crippen LogP contribution is 2.28. The van der Waals surface area contributed by atoms with Crippen molar-refractivity contribution in [3.63, 3.8) is 0 Å². The second-order valence-electron chi connectivity index (χ2n) is 4.73. The van der Waals surface area contributed by atoms with E-state index < -0.39 is 5.82 Å². The average molecular weight is 279 g/mol. The Balaban J connectivity index is 1.82. The number of para-hydroxylation sites is 1. The molecule has 1 saturated carbocycles. The van der Waals surface area contributed by atoms with Crippen molar-refractivity contribution < 1.29 is 14.0 Å². The molecule has 0 aliphatic heterocycles. The Kier molecular flexibility index (Phi) is 4.55. The first-order valence-corrected chi connectivity index (χ1v) is 6.65. The molecule has 1 aliphatic rings. The van der Waals surface area contributed by atoms with Gasteiger partial charge in [-0.05, 0) is 25.0 Å². The van der Waals surface area contributed by atoms with Crippen molar-refractivity contribution in [1.29, 1.82) is 0 Å². The number of amides is 2. The summed E-state index contributed by atoms with van der Waals surface area (Å²) in [7, 11) is 1.56. The predicted molar refractivity (Wildman–Crippen MR) is 74.0 cm³/mol. The summed E-state index contributed by atoms with van der Waals surface area (Å²) in [6.45, 7) is 0.697. The van der Waals surface area contributed by atoms with E-state index in [9.17, 15) is 14.0 Å². The molecule has 0 unspecified atom stereocenters. The number of hydrogen-bond donors (Lipinski definition) is 3. The van der Waals surface area contributed by atoms with Gasteiger partial charge in [0.1, 0.15) is 5.82 Å². The standard InChI is InChI=1S/C14H18FN3O2/c1-16-12-10(3-2-4-11(12)15)14(20)18-8-7-17-13(19)9-5-6-9/h2-4,9,16H,5-8H2,1H3,(H,17,19)(H,18,20). The van der Waals surface area contributed by atoms with Crippen molar-refractivity contribution in [2.24, 2.45) is 5.92 Å². The van der Waals surface area contributed by atoms with Gasteiger partial charge < -0.3 is 16.0 Å². The lowest BCUT2D eigenvalue weighted by Crippen LogP contribution is -2.35. The summed E-state index contributed by atoms with van der Waals surface area (Å²) < 4.78 is 13.5. The van der Waals surface area contributed by atoms with E-state index in [-0.39, 0.29) is 29.0 Å². The Morgan fingerprint density at radius 1 is 1.25 bits per heavy atom. The van der Waals surface area contributed by atoms with Gasteiger partial charge in [0.05, 0.1) is 11.3 Å². The van der Waals surface area contributed by atoms with Crippen LogP contribution in [0.2, 0.25) is 0 Å². The zero-order valence-corrected chi connectivity index (χ0v) is 11.3. The number of carbonyl (C=O) groups is 2. The van der Waals surface area contributed by atoms with Crippen LogP contribution in [0.5, 0.6) is 0 Å². The molecule has 0 heterocycles. The lowest BCUT2D eigenvalue weighted by atomic mass is 10.1. The monoisotopic (exact) mass is 279 g/mol. The van der Waals surface area contributed by atoms with Gasteiger partial charge in [0.2, 0.25) is 5.91 Å². The topological polar surface area (TPSA) is 70.2 Å². The van der Waals surface area contributed by atoms with Gasteiger partial charge >= 0.3 is 0 Å². The van der Waals surface area contributed by atoms with Crippen LogP contribution in [0, 0.1) is 11.7 Å². The maximum absolute atomic E-state index is 13.5. The smallest absolute Gasteiger partial charge is 0.253 e. The minimum Gasteiger partial charge on any atom is -0.385 e. The molecule has 108 valence electrons. The summed E-state index contributed by atoms with van der Waals surface area (Å²) in [4.78, 5) is 23.3. The van der Waals surface area contributed by atoms with Crippen LogP contribution >= 0.6 is 0 Å². The molecule has 1 fully saturated rings. The van der Waals surface area contributed by atoms with Crippen LogP contribution in [-0.2, 0) is 4.79 Å². The number of rotatable bonds is 6. The first-order valence-electron chi connectivity index (χ1n) is 6.65. The van der Waals surface area contributed by atoms with Gasteiger partial charge in [-0.15, -0.1) is 0 Å². The zero-order chi connectivity index (χ0) is 14.5. The van der Waals surface area contributed by atoms with Gasteiger partial charge in [0.25, 0.3) is 5.91 Å². The number of nitrogens with one attached hydrogen (secondary N) is 3. The van der Waals surface area contributed by atoms with E-state index in [4.69, 9.17) is 0 Å². The Labute approximate surface area is 116 Å². The number of benzene rings is 1. The Bertz CT molecular complexity index is 515. The van der Waals surface area contributed by atoms with E-state index in [0.29, 0.717) is 13.1 Å². The fourth-order valence-electron chi connectivity index (χ4n) is 1.91. The molecule has 0 spiro atoms. The zero-order valence-electron chi connectivity index (χ0n) is 11.3. The van der Waals surface area contributed by atoms with Crippen LogP contribution in [0.3, 0.4) is 0 Å². The maximum Gasteiger partial charge on any atom is 0.253 e. The Morgan fingerprint density at radius 2 is 1.95 bits per heavy atom. The molecular weight excluding hydrogens is 261 g/mol. The van der Waals surface area contributed by atoms with Crippen LogP contribution in [0.1, 0.15) is 23.2 Å². The first-order chi connectivity index (χ1) is 9.63. The molecule has 2 rings (SSSR count). The minimum atomic E-state index is -0.470. The molecular formula is C14H18FN3O2. The number of anilines is 1. The van der Waals surface area contributed by atoms with Gasteiger partial charge in [-0.2, -0.15) is 0 Å². The largest absolute Gasteiger partial charge is 0.385 e. The molecule has 1 aliphatic carbocycles. The molecule has 0 saturated heterocycles. The van der Waals surface area contributed by atoms with E-state index in [0.717, 1.165) is 12.8 Å². The fraction of sp³-hybridized carbons (Fsp3) is 0.429. The number of halogens is 1. The number of carbonyl (C=O) groups excluding carboxylic acids is 2. The van der Waals surface area contributed by atoms with E-state index in [1.807, 2.05) is 0 Å². The second-order valence-corrected chi connectivity index (χ2v) is 4.73. The van der Waals surface area contributed by atoms with Gasteiger partial charge in [-0.3, -0.25) is 9.59 Å². The van der Waals surface area contributed by atoms with E-state index in [2.05, 4.69) is 16.0 Å². The predicted octanol–water partition coefficient (Wildman–Crippen LogP) is 1.12. The third-order valence-corrected chi connectivity index (χ3v) is 3.17. The first kappa shape index (κ1) is 14.3. The minimum absolute atomic E-state index is 0.0425. The highest BCUT2D eigenvalue weighted by molar-refractivity contribution is 5.99. The SMILES string of the molecule is CNc1c(F)cccc1C(=O)NCCNC(=O)C1CC1. The normalized spacial score (nSPS) is 13.7. The quantitative estimate of drug-likeness (QED) is 0.684. The van der Waals surface area contributed by atoms with Gasteiger partial charge in [0.15, 0.2) is 0 Å². The van der Waals surface area contributed by atoms with Crippen molar-refractivity contribution in [1.82, 2.24) is 10.6 Å². The van der Waals surface area contributed by atoms with E-state index in [1.165, 1.54) is 12.1 Å². The highest BCUT2D eigenvalue weighted by atomic mass is 19.1. The van der Waals surface area contributed by atoms with Gasteiger partial charge in [-0.1, -0.05) is 6.07 Å². The molecule has 5 nitrogen and oxygen atoms in total. The molecule has 3 N–H and O–H groups in total. The van der Waals surface area contributed by atoms with Crippen molar-refractivity contribution in [2.75, 3.05) is 25.5 Å². The van der Waals surface area contributed by atoms with Crippen molar-refractivity contribution in [3.05, 3.63) is 29.6 Å². The van der Waals surface area contributed by atoms with Crippen LogP contribution in [-0.4, -0.2) is 32.0 Å².